The fourth-order valence-corrected chi connectivity index (χ4v) is 2.28. The van der Waals surface area contributed by atoms with Crippen molar-refractivity contribution in [3.8, 4) is 0 Å². The molecule has 22 heavy (non-hydrogen) atoms. The van der Waals surface area contributed by atoms with Crippen LogP contribution in [0.25, 0.3) is 0 Å². The zero-order chi connectivity index (χ0) is 16.1. The van der Waals surface area contributed by atoms with Crippen molar-refractivity contribution in [3.05, 3.63) is 70.5 Å². The fraction of sp³-hybridized carbons (Fsp3) is 0.235. The van der Waals surface area contributed by atoms with E-state index in [1.54, 1.807) is 30.1 Å². The maximum absolute atomic E-state index is 12.9. The molecule has 0 aliphatic heterocycles. The van der Waals surface area contributed by atoms with Gasteiger partial charge >= 0.3 is 6.03 Å². The largest absolute Gasteiger partial charge is 0.331 e. The third kappa shape index (κ3) is 4.21. The highest BCUT2D eigenvalue weighted by Crippen LogP contribution is 2.17. The van der Waals surface area contributed by atoms with Crippen molar-refractivity contribution in [1.82, 2.24) is 10.2 Å². The molecule has 0 aliphatic rings. The van der Waals surface area contributed by atoms with Crippen LogP contribution in [0.3, 0.4) is 0 Å². The van der Waals surface area contributed by atoms with Gasteiger partial charge in [-0.2, -0.15) is 0 Å². The van der Waals surface area contributed by atoms with Crippen molar-refractivity contribution in [3.63, 3.8) is 0 Å². The van der Waals surface area contributed by atoms with Gasteiger partial charge in [-0.25, -0.2) is 9.18 Å². The second kappa shape index (κ2) is 7.27. The first kappa shape index (κ1) is 16.3. The third-order valence-corrected chi connectivity index (χ3v) is 3.79. The maximum Gasteiger partial charge on any atom is 0.317 e. The van der Waals surface area contributed by atoms with Gasteiger partial charge in [0, 0.05) is 18.6 Å². The van der Waals surface area contributed by atoms with Crippen LogP contribution in [0.2, 0.25) is 5.02 Å². The number of urea groups is 1. The predicted octanol–water partition coefficient (Wildman–Crippen LogP) is 4.38. The highest BCUT2D eigenvalue weighted by molar-refractivity contribution is 6.31. The fourth-order valence-electron chi connectivity index (χ4n) is 2.08. The number of rotatable bonds is 4. The Bertz CT molecular complexity index is 645. The predicted molar refractivity (Wildman–Crippen MR) is 86.3 cm³/mol. The number of hydrogen-bond acceptors (Lipinski definition) is 1. The van der Waals surface area contributed by atoms with Crippen LogP contribution in [0.4, 0.5) is 9.18 Å². The van der Waals surface area contributed by atoms with Crippen molar-refractivity contribution in [1.29, 1.82) is 0 Å². The average molecular weight is 321 g/mol. The molecule has 0 heterocycles. The lowest BCUT2D eigenvalue weighted by atomic mass is 10.1. The number of halogens is 2. The average Bonchev–Trinajstić information content (AvgIpc) is 2.50. The Morgan fingerprint density at radius 2 is 1.86 bits per heavy atom. The first-order valence-electron chi connectivity index (χ1n) is 6.98. The minimum absolute atomic E-state index is 0.207. The van der Waals surface area contributed by atoms with Gasteiger partial charge in [-0.3, -0.25) is 0 Å². The van der Waals surface area contributed by atoms with Crippen molar-refractivity contribution < 1.29 is 9.18 Å². The molecule has 0 fully saturated rings. The molecule has 5 heteroatoms. The number of carbonyl (C=O) groups excluding carboxylic acids is 1. The van der Waals surface area contributed by atoms with Gasteiger partial charge in [-0.05, 0) is 36.2 Å². The molecule has 0 spiro atoms. The van der Waals surface area contributed by atoms with Crippen LogP contribution in [0, 0.1) is 5.82 Å². The van der Waals surface area contributed by atoms with E-state index in [9.17, 15) is 9.18 Å². The minimum Gasteiger partial charge on any atom is -0.331 e. The molecule has 0 radical (unpaired) electrons. The van der Waals surface area contributed by atoms with Crippen LogP contribution in [0.1, 0.15) is 24.1 Å². The lowest BCUT2D eigenvalue weighted by Crippen LogP contribution is -2.38. The molecule has 2 aromatic carbocycles. The summed E-state index contributed by atoms with van der Waals surface area (Å²) >= 11 is 6.10. The van der Waals surface area contributed by atoms with Crippen LogP contribution < -0.4 is 5.32 Å². The van der Waals surface area contributed by atoms with E-state index in [0.717, 1.165) is 11.1 Å². The number of carbonyl (C=O) groups is 1. The Morgan fingerprint density at radius 1 is 1.23 bits per heavy atom. The van der Waals surface area contributed by atoms with Crippen molar-refractivity contribution in [2.75, 3.05) is 7.05 Å². The summed E-state index contributed by atoms with van der Waals surface area (Å²) in [5.41, 5.74) is 1.73. The molecule has 0 aliphatic carbocycles. The second-order valence-corrected chi connectivity index (χ2v) is 5.58. The summed E-state index contributed by atoms with van der Waals surface area (Å²) in [6.07, 6.45) is 0. The van der Waals surface area contributed by atoms with E-state index in [2.05, 4.69) is 5.32 Å². The number of benzene rings is 2. The Labute approximate surface area is 134 Å². The van der Waals surface area contributed by atoms with Gasteiger partial charge in [0.25, 0.3) is 0 Å². The number of amides is 2. The summed E-state index contributed by atoms with van der Waals surface area (Å²) in [7, 11) is 1.70. The molecular weight excluding hydrogens is 303 g/mol. The van der Waals surface area contributed by atoms with Gasteiger partial charge in [0.05, 0.1) is 6.04 Å². The SMILES string of the molecule is CC(NC(=O)N(C)Cc1ccccc1Cl)c1ccc(F)cc1. The van der Waals surface area contributed by atoms with Gasteiger partial charge in [0.1, 0.15) is 5.82 Å². The highest BCUT2D eigenvalue weighted by atomic mass is 35.5. The van der Waals surface area contributed by atoms with Gasteiger partial charge in [-0.1, -0.05) is 41.9 Å². The van der Waals surface area contributed by atoms with Crippen molar-refractivity contribution in [2.24, 2.45) is 0 Å². The molecule has 1 N–H and O–H groups in total. The number of hydrogen-bond donors (Lipinski definition) is 1. The molecule has 1 atom stereocenters. The molecular formula is C17H18ClFN2O. The van der Waals surface area contributed by atoms with Crippen LogP contribution in [0.15, 0.2) is 48.5 Å². The molecule has 0 saturated heterocycles. The Hall–Kier alpha value is -2.07. The van der Waals surface area contributed by atoms with Crippen LogP contribution in [0.5, 0.6) is 0 Å². The van der Waals surface area contributed by atoms with Crippen molar-refractivity contribution >= 4 is 17.6 Å². The van der Waals surface area contributed by atoms with Crippen LogP contribution in [-0.4, -0.2) is 18.0 Å². The van der Waals surface area contributed by atoms with Crippen LogP contribution >= 0.6 is 11.6 Å². The van der Waals surface area contributed by atoms with Crippen LogP contribution in [-0.2, 0) is 6.54 Å². The van der Waals surface area contributed by atoms with E-state index in [4.69, 9.17) is 11.6 Å². The topological polar surface area (TPSA) is 32.3 Å². The molecule has 0 bridgehead atoms. The van der Waals surface area contributed by atoms with E-state index in [1.807, 2.05) is 25.1 Å². The first-order chi connectivity index (χ1) is 10.5. The van der Waals surface area contributed by atoms with E-state index < -0.39 is 0 Å². The molecule has 2 rings (SSSR count). The second-order valence-electron chi connectivity index (χ2n) is 5.17. The summed E-state index contributed by atoms with van der Waals surface area (Å²) in [4.78, 5) is 13.8. The van der Waals surface area contributed by atoms with Crippen molar-refractivity contribution in [2.45, 2.75) is 19.5 Å². The molecule has 2 amide bonds. The smallest absolute Gasteiger partial charge is 0.317 e. The zero-order valence-electron chi connectivity index (χ0n) is 12.5. The zero-order valence-corrected chi connectivity index (χ0v) is 13.3. The standard InChI is InChI=1S/C17H18ClFN2O/c1-12(13-7-9-15(19)10-8-13)20-17(22)21(2)11-14-5-3-4-6-16(14)18/h3-10,12H,11H2,1-2H3,(H,20,22). The summed E-state index contributed by atoms with van der Waals surface area (Å²) in [6, 6.07) is 13.1. The monoisotopic (exact) mass is 320 g/mol. The maximum atomic E-state index is 12.9. The van der Waals surface area contributed by atoms with Gasteiger partial charge in [-0.15, -0.1) is 0 Å². The lowest BCUT2D eigenvalue weighted by molar-refractivity contribution is 0.203. The first-order valence-corrected chi connectivity index (χ1v) is 7.35. The molecule has 1 unspecified atom stereocenters. The lowest BCUT2D eigenvalue weighted by Gasteiger charge is -2.22. The molecule has 3 nitrogen and oxygen atoms in total. The highest BCUT2D eigenvalue weighted by Gasteiger charge is 2.14. The van der Waals surface area contributed by atoms with E-state index in [1.165, 1.54) is 12.1 Å². The van der Waals surface area contributed by atoms with E-state index in [-0.39, 0.29) is 17.9 Å². The van der Waals surface area contributed by atoms with E-state index >= 15 is 0 Å². The summed E-state index contributed by atoms with van der Waals surface area (Å²) in [5.74, 6) is -0.293. The number of nitrogens with zero attached hydrogens (tertiary/aromatic N) is 1. The van der Waals surface area contributed by atoms with E-state index in [0.29, 0.717) is 11.6 Å². The third-order valence-electron chi connectivity index (χ3n) is 3.42. The molecule has 0 saturated carbocycles. The summed E-state index contributed by atoms with van der Waals surface area (Å²) in [5, 5.41) is 3.51. The molecule has 116 valence electrons. The summed E-state index contributed by atoms with van der Waals surface area (Å²) < 4.78 is 12.9. The number of nitrogens with one attached hydrogen (secondary N) is 1. The molecule has 0 aromatic heterocycles. The molecule has 2 aromatic rings. The minimum atomic E-state index is -0.293. The van der Waals surface area contributed by atoms with Gasteiger partial charge in [0.15, 0.2) is 0 Å². The quantitative estimate of drug-likeness (QED) is 0.890. The summed E-state index contributed by atoms with van der Waals surface area (Å²) in [6.45, 7) is 2.27. The Morgan fingerprint density at radius 3 is 2.50 bits per heavy atom. The normalized spacial score (nSPS) is 11.8. The van der Waals surface area contributed by atoms with Gasteiger partial charge < -0.3 is 10.2 Å². The Kier molecular flexibility index (Phi) is 5.39. The van der Waals surface area contributed by atoms with Gasteiger partial charge in [0.2, 0.25) is 0 Å². The Balaban J connectivity index is 1.96.